The van der Waals surface area contributed by atoms with Crippen LogP contribution in [0.5, 0.6) is 5.75 Å². The highest BCUT2D eigenvalue weighted by Crippen LogP contribution is 2.13. The molecule has 1 aromatic heterocycles. The van der Waals surface area contributed by atoms with Crippen molar-refractivity contribution >= 4 is 27.6 Å². The minimum atomic E-state index is -0.314. The fraction of sp³-hybridized carbons (Fsp3) is 0.200. The van der Waals surface area contributed by atoms with Gasteiger partial charge in [-0.1, -0.05) is 0 Å². The second kappa shape index (κ2) is 7.64. The Morgan fingerprint density at radius 1 is 1.24 bits per heavy atom. The average molecular weight is 351 g/mol. The van der Waals surface area contributed by atoms with Crippen LogP contribution >= 0.6 is 15.9 Å². The van der Waals surface area contributed by atoms with Gasteiger partial charge in [-0.15, -0.1) is 0 Å². The lowest BCUT2D eigenvalue weighted by Crippen LogP contribution is -2.10. The predicted octanol–water partition coefficient (Wildman–Crippen LogP) is 2.94. The summed E-state index contributed by atoms with van der Waals surface area (Å²) < 4.78 is 11.4. The highest BCUT2D eigenvalue weighted by molar-refractivity contribution is 9.10. The molecule has 2 aromatic rings. The third-order valence-electron chi connectivity index (χ3n) is 2.62. The Labute approximate surface area is 131 Å². The maximum atomic E-state index is 11.6. The van der Waals surface area contributed by atoms with Crippen molar-refractivity contribution in [1.82, 2.24) is 4.98 Å². The summed E-state index contributed by atoms with van der Waals surface area (Å²) >= 11 is 3.31. The second-order valence-corrected chi connectivity index (χ2v) is 5.26. The number of benzene rings is 1. The monoisotopic (exact) mass is 350 g/mol. The van der Waals surface area contributed by atoms with E-state index in [1.54, 1.807) is 36.7 Å². The van der Waals surface area contributed by atoms with Gasteiger partial charge in [-0.05, 0) is 46.3 Å². The van der Waals surface area contributed by atoms with Gasteiger partial charge in [0.05, 0.1) is 13.0 Å². The molecular weight excluding hydrogens is 336 g/mol. The number of hydrogen-bond donors (Lipinski definition) is 1. The first-order chi connectivity index (χ1) is 10.1. The van der Waals surface area contributed by atoms with E-state index in [4.69, 9.17) is 15.2 Å². The van der Waals surface area contributed by atoms with Gasteiger partial charge in [0.25, 0.3) is 0 Å². The van der Waals surface area contributed by atoms with Crippen LogP contribution in [0.15, 0.2) is 47.2 Å². The molecule has 2 rings (SSSR count). The number of pyridine rings is 1. The summed E-state index contributed by atoms with van der Waals surface area (Å²) in [6.45, 7) is 0.465. The number of halogens is 1. The zero-order valence-corrected chi connectivity index (χ0v) is 12.9. The first-order valence-electron chi connectivity index (χ1n) is 6.37. The van der Waals surface area contributed by atoms with E-state index in [0.717, 1.165) is 10.0 Å². The van der Waals surface area contributed by atoms with E-state index in [2.05, 4.69) is 20.9 Å². The Bertz CT molecular complexity index is 602. The Kier molecular flexibility index (Phi) is 5.57. The number of nitrogens with two attached hydrogens (primary N) is 1. The van der Waals surface area contributed by atoms with Crippen LogP contribution < -0.4 is 10.5 Å². The van der Waals surface area contributed by atoms with Crippen molar-refractivity contribution in [3.63, 3.8) is 0 Å². The molecule has 1 heterocycles. The molecule has 0 fully saturated rings. The third kappa shape index (κ3) is 5.43. The highest BCUT2D eigenvalue weighted by Gasteiger charge is 2.05. The van der Waals surface area contributed by atoms with Crippen LogP contribution in [0.25, 0.3) is 0 Å². The molecule has 1 aromatic carbocycles. The second-order valence-electron chi connectivity index (χ2n) is 4.34. The number of nitrogen functional groups attached to an aromatic ring is 1. The standard InChI is InChI=1S/C15H15BrN2O3/c16-12-7-11(8-18-9-12)10-21-15(19)5-6-20-14-3-1-13(17)2-4-14/h1-4,7-9H,5-6,10,17H2. The van der Waals surface area contributed by atoms with Gasteiger partial charge in [-0.3, -0.25) is 9.78 Å². The van der Waals surface area contributed by atoms with Crippen molar-refractivity contribution in [2.45, 2.75) is 13.0 Å². The van der Waals surface area contributed by atoms with Gasteiger partial charge in [-0.25, -0.2) is 0 Å². The lowest BCUT2D eigenvalue weighted by atomic mass is 10.3. The van der Waals surface area contributed by atoms with Crippen molar-refractivity contribution in [1.29, 1.82) is 0 Å². The molecule has 0 spiro atoms. The number of nitrogens with zero attached hydrogens (tertiary/aromatic N) is 1. The molecular formula is C15H15BrN2O3. The highest BCUT2D eigenvalue weighted by atomic mass is 79.9. The van der Waals surface area contributed by atoms with Crippen LogP contribution in [0.1, 0.15) is 12.0 Å². The zero-order valence-electron chi connectivity index (χ0n) is 11.3. The van der Waals surface area contributed by atoms with Gasteiger partial charge in [0.2, 0.25) is 0 Å². The number of esters is 1. The van der Waals surface area contributed by atoms with Crippen molar-refractivity contribution in [3.05, 3.63) is 52.8 Å². The molecule has 0 amide bonds. The quantitative estimate of drug-likeness (QED) is 0.640. The smallest absolute Gasteiger partial charge is 0.309 e. The van der Waals surface area contributed by atoms with Crippen molar-refractivity contribution < 1.29 is 14.3 Å². The Morgan fingerprint density at radius 3 is 2.71 bits per heavy atom. The summed E-state index contributed by atoms with van der Waals surface area (Å²) in [6.07, 6.45) is 3.51. The van der Waals surface area contributed by atoms with Crippen molar-refractivity contribution in [2.75, 3.05) is 12.3 Å². The first-order valence-corrected chi connectivity index (χ1v) is 7.16. The Morgan fingerprint density at radius 2 is 2.00 bits per heavy atom. The number of carbonyl (C=O) groups excluding carboxylic acids is 1. The Hall–Kier alpha value is -2.08. The predicted molar refractivity (Wildman–Crippen MR) is 82.7 cm³/mol. The summed E-state index contributed by atoms with van der Waals surface area (Å²) in [5, 5.41) is 0. The molecule has 0 atom stereocenters. The van der Waals surface area contributed by atoms with E-state index in [1.165, 1.54) is 0 Å². The average Bonchev–Trinajstić information content (AvgIpc) is 2.47. The number of hydrogen-bond acceptors (Lipinski definition) is 5. The van der Waals surface area contributed by atoms with Crippen LogP contribution in [0.3, 0.4) is 0 Å². The van der Waals surface area contributed by atoms with Gasteiger partial charge >= 0.3 is 5.97 Å². The van der Waals surface area contributed by atoms with E-state index in [1.807, 2.05) is 6.07 Å². The van der Waals surface area contributed by atoms with Crippen LogP contribution in [0.4, 0.5) is 5.69 Å². The molecule has 0 unspecified atom stereocenters. The van der Waals surface area contributed by atoms with Gasteiger partial charge in [0, 0.05) is 28.1 Å². The van der Waals surface area contributed by atoms with E-state index in [9.17, 15) is 4.79 Å². The van der Waals surface area contributed by atoms with Gasteiger partial charge in [0.15, 0.2) is 0 Å². The van der Waals surface area contributed by atoms with E-state index in [0.29, 0.717) is 11.4 Å². The van der Waals surface area contributed by atoms with Gasteiger partial charge in [-0.2, -0.15) is 0 Å². The van der Waals surface area contributed by atoms with Crippen LogP contribution in [0.2, 0.25) is 0 Å². The fourth-order valence-electron chi connectivity index (χ4n) is 1.59. The van der Waals surface area contributed by atoms with Crippen LogP contribution in [-0.2, 0) is 16.1 Å². The fourth-order valence-corrected chi connectivity index (χ4v) is 2.00. The van der Waals surface area contributed by atoms with Gasteiger partial charge < -0.3 is 15.2 Å². The summed E-state index contributed by atoms with van der Waals surface area (Å²) in [5.74, 6) is 0.360. The molecule has 0 bridgehead atoms. The van der Waals surface area contributed by atoms with Crippen molar-refractivity contribution in [2.24, 2.45) is 0 Å². The lowest BCUT2D eigenvalue weighted by Gasteiger charge is -2.07. The molecule has 0 saturated carbocycles. The number of aromatic nitrogens is 1. The van der Waals surface area contributed by atoms with E-state index < -0.39 is 0 Å². The van der Waals surface area contributed by atoms with E-state index >= 15 is 0 Å². The number of ether oxygens (including phenoxy) is 2. The summed E-state index contributed by atoms with van der Waals surface area (Å²) in [4.78, 5) is 15.6. The number of rotatable bonds is 6. The molecule has 110 valence electrons. The third-order valence-corrected chi connectivity index (χ3v) is 3.05. The van der Waals surface area contributed by atoms with Crippen LogP contribution in [-0.4, -0.2) is 17.6 Å². The summed E-state index contributed by atoms with van der Waals surface area (Å²) in [5.41, 5.74) is 7.07. The topological polar surface area (TPSA) is 74.4 Å². The molecule has 0 saturated heterocycles. The zero-order chi connectivity index (χ0) is 15.1. The molecule has 5 nitrogen and oxygen atoms in total. The lowest BCUT2D eigenvalue weighted by molar-refractivity contribution is -0.145. The largest absolute Gasteiger partial charge is 0.493 e. The van der Waals surface area contributed by atoms with Crippen molar-refractivity contribution in [3.8, 4) is 5.75 Å². The Balaban J connectivity index is 1.69. The van der Waals surface area contributed by atoms with Crippen LogP contribution in [0, 0.1) is 0 Å². The first kappa shape index (κ1) is 15.3. The number of anilines is 1. The maximum Gasteiger partial charge on any atom is 0.309 e. The van der Waals surface area contributed by atoms with Gasteiger partial charge in [0.1, 0.15) is 12.4 Å². The molecule has 21 heavy (non-hydrogen) atoms. The SMILES string of the molecule is Nc1ccc(OCCC(=O)OCc2cncc(Br)c2)cc1. The van der Waals surface area contributed by atoms with E-state index in [-0.39, 0.29) is 25.6 Å². The molecule has 2 N–H and O–H groups in total. The minimum Gasteiger partial charge on any atom is -0.493 e. The molecule has 6 heteroatoms. The minimum absolute atomic E-state index is 0.186. The maximum absolute atomic E-state index is 11.6. The molecule has 0 radical (unpaired) electrons. The number of carbonyl (C=O) groups is 1. The molecule has 0 aliphatic heterocycles. The summed E-state index contributed by atoms with van der Waals surface area (Å²) in [6, 6.07) is 8.86. The summed E-state index contributed by atoms with van der Waals surface area (Å²) in [7, 11) is 0. The molecule has 0 aliphatic carbocycles. The normalized spacial score (nSPS) is 10.1. The molecule has 0 aliphatic rings.